The molecule has 1 atom stereocenters. The van der Waals surface area contributed by atoms with Crippen molar-refractivity contribution in [1.29, 1.82) is 0 Å². The van der Waals surface area contributed by atoms with Crippen molar-refractivity contribution in [2.24, 2.45) is 11.8 Å². The van der Waals surface area contributed by atoms with Crippen molar-refractivity contribution in [3.05, 3.63) is 58.7 Å². The van der Waals surface area contributed by atoms with Crippen LogP contribution in [0.3, 0.4) is 0 Å². The highest BCUT2D eigenvalue weighted by molar-refractivity contribution is 5.94. The van der Waals surface area contributed by atoms with E-state index in [1.165, 1.54) is 44.6 Å². The van der Waals surface area contributed by atoms with Gasteiger partial charge >= 0.3 is 5.97 Å². The Balaban J connectivity index is 1.48. The molecule has 0 spiro atoms. The highest BCUT2D eigenvalue weighted by Gasteiger charge is 2.36. The van der Waals surface area contributed by atoms with Gasteiger partial charge in [-0.25, -0.2) is 13.6 Å². The molecule has 4 rings (SSSR count). The summed E-state index contributed by atoms with van der Waals surface area (Å²) in [7, 11) is 0. The maximum atomic E-state index is 15.4. The van der Waals surface area contributed by atoms with E-state index in [-0.39, 0.29) is 22.8 Å². The zero-order valence-electron chi connectivity index (χ0n) is 19.3. The van der Waals surface area contributed by atoms with Crippen LogP contribution in [0.2, 0.25) is 0 Å². The maximum Gasteiger partial charge on any atom is 0.341 e. The molecule has 0 saturated heterocycles. The number of hydrogen-bond acceptors (Lipinski definition) is 2. The topological polar surface area (TPSA) is 26.3 Å². The van der Waals surface area contributed by atoms with Gasteiger partial charge in [0.05, 0.1) is 5.56 Å². The molecule has 0 N–H and O–H groups in total. The summed E-state index contributed by atoms with van der Waals surface area (Å²) in [6.07, 6.45) is 10.7. The second kappa shape index (κ2) is 10.1. The van der Waals surface area contributed by atoms with Gasteiger partial charge < -0.3 is 4.74 Å². The lowest BCUT2D eigenvalue weighted by Gasteiger charge is -2.36. The van der Waals surface area contributed by atoms with E-state index >= 15 is 4.39 Å². The van der Waals surface area contributed by atoms with Crippen molar-refractivity contribution >= 4 is 5.97 Å². The first-order chi connectivity index (χ1) is 15.5. The van der Waals surface area contributed by atoms with Crippen LogP contribution in [0.5, 0.6) is 0 Å². The summed E-state index contributed by atoms with van der Waals surface area (Å²) in [6.45, 7) is 4.18. The lowest BCUT2D eigenvalue weighted by molar-refractivity contribution is -0.000929. The molecule has 2 aliphatic rings. The summed E-state index contributed by atoms with van der Waals surface area (Å²) in [4.78, 5) is 12.8. The van der Waals surface area contributed by atoms with E-state index in [1.54, 1.807) is 24.3 Å². The fourth-order valence-electron chi connectivity index (χ4n) is 5.46. The van der Waals surface area contributed by atoms with Crippen LogP contribution in [0.4, 0.5) is 8.78 Å². The lowest BCUT2D eigenvalue weighted by atomic mass is 9.75. The minimum atomic E-state index is -0.672. The molecular formula is C28H34F2O2. The molecular weight excluding hydrogens is 406 g/mol. The van der Waals surface area contributed by atoms with Crippen LogP contribution in [-0.2, 0) is 17.6 Å². The molecule has 1 heterocycles. The first-order valence-corrected chi connectivity index (χ1v) is 12.3. The molecule has 1 saturated carbocycles. The van der Waals surface area contributed by atoms with Gasteiger partial charge in [-0.2, -0.15) is 0 Å². The lowest BCUT2D eigenvalue weighted by Crippen LogP contribution is -2.36. The molecule has 2 nitrogen and oxygen atoms in total. The molecule has 4 heteroatoms. The molecule has 1 aliphatic heterocycles. The second-order valence-electron chi connectivity index (χ2n) is 9.55. The average molecular weight is 441 g/mol. The van der Waals surface area contributed by atoms with Crippen LogP contribution in [0.25, 0.3) is 11.1 Å². The van der Waals surface area contributed by atoms with Gasteiger partial charge in [0.2, 0.25) is 0 Å². The van der Waals surface area contributed by atoms with Gasteiger partial charge in [-0.05, 0) is 48.3 Å². The van der Waals surface area contributed by atoms with Crippen LogP contribution < -0.4 is 0 Å². The number of rotatable bonds is 7. The number of unbranched alkanes of at least 4 members (excludes halogenated alkanes) is 2. The third-order valence-corrected chi connectivity index (χ3v) is 7.48. The summed E-state index contributed by atoms with van der Waals surface area (Å²) >= 11 is 0. The quantitative estimate of drug-likeness (QED) is 0.326. The molecule has 1 aliphatic carbocycles. The number of aryl methyl sites for hydroxylation is 1. The van der Waals surface area contributed by atoms with Crippen LogP contribution in [0.15, 0.2) is 30.3 Å². The van der Waals surface area contributed by atoms with Gasteiger partial charge in [-0.1, -0.05) is 76.6 Å². The molecule has 2 aromatic rings. The molecule has 2 aromatic carbocycles. The largest absolute Gasteiger partial charge is 0.458 e. The molecule has 0 amide bonds. The van der Waals surface area contributed by atoms with Crippen molar-refractivity contribution in [1.82, 2.24) is 0 Å². The van der Waals surface area contributed by atoms with E-state index in [9.17, 15) is 9.18 Å². The van der Waals surface area contributed by atoms with Gasteiger partial charge in [0.25, 0.3) is 0 Å². The first kappa shape index (κ1) is 22.9. The predicted octanol–water partition coefficient (Wildman–Crippen LogP) is 7.66. The van der Waals surface area contributed by atoms with Crippen LogP contribution >= 0.6 is 0 Å². The Morgan fingerprint density at radius 3 is 2.41 bits per heavy atom. The second-order valence-corrected chi connectivity index (χ2v) is 9.55. The smallest absolute Gasteiger partial charge is 0.341 e. The zero-order valence-corrected chi connectivity index (χ0v) is 19.3. The van der Waals surface area contributed by atoms with Crippen molar-refractivity contribution in [2.45, 2.75) is 84.2 Å². The van der Waals surface area contributed by atoms with Gasteiger partial charge in [0, 0.05) is 17.5 Å². The number of fused-ring (bicyclic) bond motifs is 1. The number of cyclic esters (lactones) is 1. The zero-order chi connectivity index (χ0) is 22.7. The fourth-order valence-corrected chi connectivity index (χ4v) is 5.46. The molecule has 1 fully saturated rings. The molecule has 0 radical (unpaired) electrons. The molecule has 1 unspecified atom stereocenters. The highest BCUT2D eigenvalue weighted by atomic mass is 19.1. The van der Waals surface area contributed by atoms with Crippen molar-refractivity contribution in [2.75, 3.05) is 0 Å². The number of benzene rings is 2. The third kappa shape index (κ3) is 4.74. The Hall–Kier alpha value is -2.23. The SMILES string of the molecule is CCCCCC1CCC(C2Cc3ccc(-c4ccc(CC)cc4F)c(F)c3C(=O)O2)CC1. The van der Waals surface area contributed by atoms with Crippen molar-refractivity contribution in [3.8, 4) is 11.1 Å². The fraction of sp³-hybridized carbons (Fsp3) is 0.536. The van der Waals surface area contributed by atoms with E-state index in [0.717, 1.165) is 24.3 Å². The van der Waals surface area contributed by atoms with Gasteiger partial charge in [-0.3, -0.25) is 0 Å². The Kier molecular flexibility index (Phi) is 7.27. The van der Waals surface area contributed by atoms with E-state index in [4.69, 9.17) is 4.74 Å². The Bertz CT molecular complexity index is 960. The summed E-state index contributed by atoms with van der Waals surface area (Å²) in [5.74, 6) is -0.615. The number of carbonyl (C=O) groups excluding carboxylic acids is 1. The van der Waals surface area contributed by atoms with E-state index in [2.05, 4.69) is 6.92 Å². The number of halogens is 2. The monoisotopic (exact) mass is 440 g/mol. The number of esters is 1. The number of hydrogen-bond donors (Lipinski definition) is 0. The van der Waals surface area contributed by atoms with Crippen LogP contribution in [0, 0.1) is 23.5 Å². The van der Waals surface area contributed by atoms with Gasteiger partial charge in [-0.15, -0.1) is 0 Å². The van der Waals surface area contributed by atoms with E-state index < -0.39 is 17.6 Å². The van der Waals surface area contributed by atoms with Crippen LogP contribution in [-0.4, -0.2) is 12.1 Å². The van der Waals surface area contributed by atoms with E-state index in [0.29, 0.717) is 24.3 Å². The number of carbonyl (C=O) groups is 1. The van der Waals surface area contributed by atoms with Gasteiger partial charge in [0.1, 0.15) is 17.7 Å². The molecule has 0 aromatic heterocycles. The summed E-state index contributed by atoms with van der Waals surface area (Å²) < 4.78 is 35.7. The number of ether oxygens (including phenoxy) is 1. The minimum absolute atomic E-state index is 0.0223. The third-order valence-electron chi connectivity index (χ3n) is 7.48. The Morgan fingerprint density at radius 2 is 1.72 bits per heavy atom. The van der Waals surface area contributed by atoms with Crippen LogP contribution in [0.1, 0.15) is 86.7 Å². The first-order valence-electron chi connectivity index (χ1n) is 12.3. The van der Waals surface area contributed by atoms with Gasteiger partial charge in [0.15, 0.2) is 0 Å². The van der Waals surface area contributed by atoms with Crippen molar-refractivity contribution < 1.29 is 18.3 Å². The predicted molar refractivity (Wildman–Crippen MR) is 124 cm³/mol. The summed E-state index contributed by atoms with van der Waals surface area (Å²) in [6, 6.07) is 8.21. The Labute approximate surface area is 190 Å². The summed E-state index contributed by atoms with van der Waals surface area (Å²) in [5, 5.41) is 0. The minimum Gasteiger partial charge on any atom is -0.458 e. The molecule has 32 heavy (non-hydrogen) atoms. The summed E-state index contributed by atoms with van der Waals surface area (Å²) in [5.41, 5.74) is 1.81. The standard InChI is InChI=1S/C28H34F2O2/c1-3-5-6-7-19-8-11-20(12-9-19)25-17-21-13-15-23(27(30)26(21)28(31)32-25)22-14-10-18(4-2)16-24(22)29/h10,13-16,19-20,25H,3-9,11-12,17H2,1-2H3. The molecule has 0 bridgehead atoms. The van der Waals surface area contributed by atoms with Crippen molar-refractivity contribution in [3.63, 3.8) is 0 Å². The molecule has 172 valence electrons. The maximum absolute atomic E-state index is 15.4. The average Bonchev–Trinajstić information content (AvgIpc) is 2.80. The normalized spacial score (nSPS) is 23.0. The Morgan fingerprint density at radius 1 is 0.969 bits per heavy atom. The highest BCUT2D eigenvalue weighted by Crippen LogP contribution is 2.39. The van der Waals surface area contributed by atoms with E-state index in [1.807, 2.05) is 6.92 Å².